The number of hydrogen-bond acceptors (Lipinski definition) is 5. The van der Waals surface area contributed by atoms with Gasteiger partial charge in [0.15, 0.2) is 5.65 Å². The number of hydrogen-bond donors (Lipinski definition) is 0. The highest BCUT2D eigenvalue weighted by Gasteiger charge is 2.20. The van der Waals surface area contributed by atoms with Gasteiger partial charge in [0.1, 0.15) is 23.1 Å². The average molecular weight is 361 g/mol. The van der Waals surface area contributed by atoms with E-state index in [-0.39, 0.29) is 6.23 Å². The zero-order valence-corrected chi connectivity index (χ0v) is 14.6. The summed E-state index contributed by atoms with van der Waals surface area (Å²) in [4.78, 5) is 13.4. The molecule has 5 nitrogen and oxygen atoms in total. The van der Waals surface area contributed by atoms with Crippen LogP contribution in [0.1, 0.15) is 31.1 Å². The minimum Gasteiger partial charge on any atom is -0.358 e. The second-order valence-corrected chi connectivity index (χ2v) is 7.14. The third kappa shape index (κ3) is 3.27. The number of benzene rings is 1. The molecular weight excluding hydrogens is 344 g/mol. The molecular formula is C17H17ClN4OS. The van der Waals surface area contributed by atoms with Crippen LogP contribution >= 0.6 is 23.4 Å². The quantitative estimate of drug-likeness (QED) is 0.507. The van der Waals surface area contributed by atoms with Crippen LogP contribution in [0.4, 0.5) is 0 Å². The Kier molecular flexibility index (Phi) is 4.69. The van der Waals surface area contributed by atoms with E-state index in [4.69, 9.17) is 16.3 Å². The Labute approximate surface area is 149 Å². The van der Waals surface area contributed by atoms with Crippen LogP contribution in [0, 0.1) is 0 Å². The van der Waals surface area contributed by atoms with Gasteiger partial charge in [0.2, 0.25) is 0 Å². The van der Waals surface area contributed by atoms with Crippen molar-refractivity contribution in [3.8, 4) is 0 Å². The molecule has 0 saturated carbocycles. The van der Waals surface area contributed by atoms with Crippen molar-refractivity contribution in [1.82, 2.24) is 19.5 Å². The summed E-state index contributed by atoms with van der Waals surface area (Å²) in [6.07, 6.45) is 6.75. The summed E-state index contributed by atoms with van der Waals surface area (Å²) in [6, 6.07) is 7.88. The number of thioether (sulfide) groups is 1. The van der Waals surface area contributed by atoms with Gasteiger partial charge in [-0.1, -0.05) is 35.5 Å². The number of nitrogens with zero attached hydrogens (tertiary/aromatic N) is 4. The Balaban J connectivity index is 1.58. The molecule has 3 heterocycles. The van der Waals surface area contributed by atoms with Gasteiger partial charge in [-0.05, 0) is 37.0 Å². The molecule has 2 aromatic heterocycles. The minimum absolute atomic E-state index is 0.0319. The van der Waals surface area contributed by atoms with Crippen LogP contribution in [-0.4, -0.2) is 26.1 Å². The lowest BCUT2D eigenvalue weighted by Gasteiger charge is -2.23. The van der Waals surface area contributed by atoms with E-state index in [2.05, 4.69) is 21.0 Å². The number of imidazole rings is 1. The molecule has 124 valence electrons. The predicted octanol–water partition coefficient (Wildman–Crippen LogP) is 4.47. The lowest BCUT2D eigenvalue weighted by atomic mass is 10.2. The molecule has 24 heavy (non-hydrogen) atoms. The van der Waals surface area contributed by atoms with Crippen LogP contribution in [0.25, 0.3) is 11.2 Å². The monoisotopic (exact) mass is 360 g/mol. The van der Waals surface area contributed by atoms with Gasteiger partial charge < -0.3 is 4.74 Å². The van der Waals surface area contributed by atoms with E-state index in [1.165, 1.54) is 6.42 Å². The zero-order chi connectivity index (χ0) is 16.4. The number of rotatable bonds is 4. The third-order valence-electron chi connectivity index (χ3n) is 4.06. The van der Waals surface area contributed by atoms with E-state index in [0.29, 0.717) is 0 Å². The summed E-state index contributed by atoms with van der Waals surface area (Å²) in [7, 11) is 0. The first-order valence-corrected chi connectivity index (χ1v) is 9.34. The van der Waals surface area contributed by atoms with Crippen LogP contribution in [0.15, 0.2) is 41.9 Å². The summed E-state index contributed by atoms with van der Waals surface area (Å²) in [5.74, 6) is 0.791. The lowest BCUT2D eigenvalue weighted by Crippen LogP contribution is -2.17. The van der Waals surface area contributed by atoms with Crippen LogP contribution in [-0.2, 0) is 10.5 Å². The summed E-state index contributed by atoms with van der Waals surface area (Å²) in [6.45, 7) is 0.797. The van der Waals surface area contributed by atoms with Gasteiger partial charge in [0.05, 0.1) is 6.33 Å². The van der Waals surface area contributed by atoms with Crippen LogP contribution in [0.5, 0.6) is 0 Å². The highest BCUT2D eigenvalue weighted by molar-refractivity contribution is 7.98. The fourth-order valence-electron chi connectivity index (χ4n) is 2.87. The maximum atomic E-state index is 6.05. The average Bonchev–Trinajstić information content (AvgIpc) is 3.05. The maximum Gasteiger partial charge on any atom is 0.166 e. The fourth-order valence-corrected chi connectivity index (χ4v) is 3.97. The number of ether oxygens (including phenoxy) is 1. The molecule has 7 heteroatoms. The van der Waals surface area contributed by atoms with Gasteiger partial charge >= 0.3 is 0 Å². The molecule has 0 aliphatic carbocycles. The van der Waals surface area contributed by atoms with Gasteiger partial charge in [-0.25, -0.2) is 15.0 Å². The highest BCUT2D eigenvalue weighted by Crippen LogP contribution is 2.30. The van der Waals surface area contributed by atoms with E-state index >= 15 is 0 Å². The summed E-state index contributed by atoms with van der Waals surface area (Å²) >= 11 is 7.69. The Bertz CT molecular complexity index is 847. The van der Waals surface area contributed by atoms with Crippen molar-refractivity contribution >= 4 is 34.5 Å². The van der Waals surface area contributed by atoms with Crippen molar-refractivity contribution in [1.29, 1.82) is 0 Å². The van der Waals surface area contributed by atoms with Crippen molar-refractivity contribution in [3.05, 3.63) is 47.5 Å². The standard InChI is InChI=1S/C17H17ClN4OS/c18-13-5-3-4-12(8-13)9-24-17-15-16(19-10-20-17)22(11-21-15)14-6-1-2-7-23-14/h3-5,8,10-11,14H,1-2,6-7,9H2. The smallest absolute Gasteiger partial charge is 0.166 e. The van der Waals surface area contributed by atoms with E-state index in [9.17, 15) is 0 Å². The first kappa shape index (κ1) is 15.9. The molecule has 1 unspecified atom stereocenters. The predicted molar refractivity (Wildman–Crippen MR) is 95.2 cm³/mol. The first-order valence-electron chi connectivity index (χ1n) is 7.97. The minimum atomic E-state index is 0.0319. The lowest BCUT2D eigenvalue weighted by molar-refractivity contribution is -0.0298. The number of aromatic nitrogens is 4. The Hall–Kier alpha value is -1.63. The molecule has 3 aromatic rings. The molecule has 0 amide bonds. The molecule has 1 fully saturated rings. The fraction of sp³-hybridized carbons (Fsp3) is 0.353. The largest absolute Gasteiger partial charge is 0.358 e. The molecule has 1 aromatic carbocycles. The summed E-state index contributed by atoms with van der Waals surface area (Å²) in [5.41, 5.74) is 2.83. The molecule has 0 radical (unpaired) electrons. The Morgan fingerprint density at radius 3 is 3.04 bits per heavy atom. The van der Waals surface area contributed by atoms with Gasteiger partial charge in [-0.15, -0.1) is 0 Å². The van der Waals surface area contributed by atoms with Crippen LogP contribution in [0.3, 0.4) is 0 Å². The van der Waals surface area contributed by atoms with Crippen LogP contribution < -0.4 is 0 Å². The first-order chi connectivity index (χ1) is 11.8. The summed E-state index contributed by atoms with van der Waals surface area (Å²) in [5, 5.41) is 1.63. The number of fused-ring (bicyclic) bond motifs is 1. The van der Waals surface area contributed by atoms with Crippen molar-refractivity contribution in [3.63, 3.8) is 0 Å². The maximum absolute atomic E-state index is 6.05. The van der Waals surface area contributed by atoms with Gasteiger partial charge in [-0.3, -0.25) is 4.57 Å². The molecule has 1 aliphatic rings. The topological polar surface area (TPSA) is 52.8 Å². The second-order valence-electron chi connectivity index (χ2n) is 5.74. The van der Waals surface area contributed by atoms with E-state index in [1.807, 2.05) is 29.1 Å². The molecule has 1 atom stereocenters. The SMILES string of the molecule is Clc1cccc(CSc2ncnc3c2ncn3C2CCCCO2)c1. The third-order valence-corrected chi connectivity index (χ3v) is 5.34. The normalized spacial score (nSPS) is 18.1. The highest BCUT2D eigenvalue weighted by atomic mass is 35.5. The second kappa shape index (κ2) is 7.09. The molecule has 4 rings (SSSR count). The zero-order valence-electron chi connectivity index (χ0n) is 13.1. The van der Waals surface area contributed by atoms with E-state index in [0.717, 1.165) is 52.0 Å². The molecule has 0 bridgehead atoms. The summed E-state index contributed by atoms with van der Waals surface area (Å²) < 4.78 is 7.88. The van der Waals surface area contributed by atoms with Crippen molar-refractivity contribution < 1.29 is 4.74 Å². The molecule has 1 aliphatic heterocycles. The van der Waals surface area contributed by atoms with Crippen LogP contribution in [0.2, 0.25) is 5.02 Å². The van der Waals surface area contributed by atoms with Gasteiger partial charge in [0.25, 0.3) is 0 Å². The Morgan fingerprint density at radius 1 is 1.25 bits per heavy atom. The van der Waals surface area contributed by atoms with Gasteiger partial charge in [-0.2, -0.15) is 0 Å². The molecule has 0 N–H and O–H groups in total. The number of halogens is 1. The molecule has 1 saturated heterocycles. The Morgan fingerprint density at radius 2 is 2.21 bits per heavy atom. The van der Waals surface area contributed by atoms with Crippen molar-refractivity contribution in [2.45, 2.75) is 36.3 Å². The van der Waals surface area contributed by atoms with E-state index in [1.54, 1.807) is 18.1 Å². The van der Waals surface area contributed by atoms with Crippen molar-refractivity contribution in [2.75, 3.05) is 6.61 Å². The van der Waals surface area contributed by atoms with Gasteiger partial charge in [0, 0.05) is 17.4 Å². The van der Waals surface area contributed by atoms with E-state index < -0.39 is 0 Å². The van der Waals surface area contributed by atoms with Crippen molar-refractivity contribution in [2.24, 2.45) is 0 Å². The molecule has 0 spiro atoms.